The van der Waals surface area contributed by atoms with Gasteiger partial charge in [-0.25, -0.2) is 0 Å². The number of rotatable bonds is 4. The van der Waals surface area contributed by atoms with Crippen LogP contribution in [0.2, 0.25) is 0 Å². The summed E-state index contributed by atoms with van der Waals surface area (Å²) in [6, 6.07) is 8.78. The lowest BCUT2D eigenvalue weighted by Gasteiger charge is -2.29. The van der Waals surface area contributed by atoms with Gasteiger partial charge >= 0.3 is 0 Å². The van der Waals surface area contributed by atoms with E-state index in [-0.39, 0.29) is 0 Å². The Morgan fingerprint density at radius 2 is 1.83 bits per heavy atom. The van der Waals surface area contributed by atoms with Crippen molar-refractivity contribution >= 4 is 21.6 Å². The van der Waals surface area contributed by atoms with Crippen LogP contribution in [-0.2, 0) is 26.6 Å². The highest BCUT2D eigenvalue weighted by molar-refractivity contribution is 7.17. The minimum Gasteiger partial charge on any atom is -0.493 e. The van der Waals surface area contributed by atoms with Crippen LogP contribution in [0, 0.1) is 0 Å². The molecule has 0 saturated heterocycles. The second-order valence-corrected chi connectivity index (χ2v) is 7.25. The minimum atomic E-state index is 0.817. The number of fused-ring (bicyclic) bond motifs is 2. The van der Waals surface area contributed by atoms with Crippen molar-refractivity contribution in [2.75, 3.05) is 20.8 Å². The van der Waals surface area contributed by atoms with E-state index in [1.165, 1.54) is 27.0 Å². The molecule has 1 aliphatic heterocycles. The molecule has 3 aromatic rings. The van der Waals surface area contributed by atoms with Crippen molar-refractivity contribution in [3.8, 4) is 11.5 Å². The number of aromatic nitrogens is 1. The molecule has 4 rings (SSSR count). The Labute approximate surface area is 146 Å². The summed E-state index contributed by atoms with van der Waals surface area (Å²) >= 11 is 1.81. The van der Waals surface area contributed by atoms with Crippen molar-refractivity contribution in [3.05, 3.63) is 46.5 Å². The van der Waals surface area contributed by atoms with E-state index in [0.717, 1.165) is 37.6 Å². The molecule has 0 saturated carbocycles. The zero-order chi connectivity index (χ0) is 16.7. The number of methoxy groups -OCH3 is 2. The van der Waals surface area contributed by atoms with Gasteiger partial charge in [0, 0.05) is 32.4 Å². The van der Waals surface area contributed by atoms with Gasteiger partial charge in [-0.15, -0.1) is 11.3 Å². The maximum absolute atomic E-state index is 5.46. The van der Waals surface area contributed by atoms with Crippen LogP contribution >= 0.6 is 11.3 Å². The van der Waals surface area contributed by atoms with Gasteiger partial charge in [0.2, 0.25) is 0 Å². The van der Waals surface area contributed by atoms with Gasteiger partial charge in [-0.05, 0) is 47.2 Å². The van der Waals surface area contributed by atoms with Crippen molar-refractivity contribution in [1.29, 1.82) is 0 Å². The first-order valence-corrected chi connectivity index (χ1v) is 9.05. The average molecular weight is 342 g/mol. The number of benzene rings is 1. The van der Waals surface area contributed by atoms with Gasteiger partial charge in [-0.1, -0.05) is 0 Å². The summed E-state index contributed by atoms with van der Waals surface area (Å²) < 4.78 is 14.6. The monoisotopic (exact) mass is 342 g/mol. The highest BCUT2D eigenvalue weighted by Crippen LogP contribution is 2.34. The Hall–Kier alpha value is -1.98. The summed E-state index contributed by atoms with van der Waals surface area (Å²) in [6.45, 7) is 3.00. The van der Waals surface area contributed by atoms with E-state index in [1.807, 2.05) is 11.3 Å². The Balaban J connectivity index is 1.57. The quantitative estimate of drug-likeness (QED) is 0.721. The minimum absolute atomic E-state index is 0.817. The largest absolute Gasteiger partial charge is 0.493 e. The summed E-state index contributed by atoms with van der Waals surface area (Å²) in [5.74, 6) is 1.64. The Morgan fingerprint density at radius 3 is 2.54 bits per heavy atom. The number of ether oxygens (including phenoxy) is 2. The third kappa shape index (κ3) is 2.58. The summed E-state index contributed by atoms with van der Waals surface area (Å²) in [7, 11) is 5.55. The summed E-state index contributed by atoms with van der Waals surface area (Å²) in [5.41, 5.74) is 5.42. The molecule has 0 amide bonds. The van der Waals surface area contributed by atoms with Gasteiger partial charge in [-0.2, -0.15) is 0 Å². The molecular formula is C19H22N2O2S. The molecule has 5 heteroatoms. The van der Waals surface area contributed by atoms with Gasteiger partial charge in [0.05, 0.1) is 24.4 Å². The molecule has 126 valence electrons. The molecule has 0 fully saturated rings. The van der Waals surface area contributed by atoms with E-state index in [9.17, 15) is 0 Å². The van der Waals surface area contributed by atoms with Crippen LogP contribution < -0.4 is 9.47 Å². The Morgan fingerprint density at radius 1 is 1.08 bits per heavy atom. The molecule has 0 N–H and O–H groups in total. The highest BCUT2D eigenvalue weighted by Gasteiger charge is 2.20. The molecular weight excluding hydrogens is 320 g/mol. The van der Waals surface area contributed by atoms with E-state index in [4.69, 9.17) is 9.47 Å². The fraction of sp³-hybridized carbons (Fsp3) is 0.368. The van der Waals surface area contributed by atoms with E-state index >= 15 is 0 Å². The number of thiophene rings is 1. The van der Waals surface area contributed by atoms with Crippen molar-refractivity contribution in [1.82, 2.24) is 9.47 Å². The van der Waals surface area contributed by atoms with Crippen LogP contribution in [0.15, 0.2) is 29.6 Å². The van der Waals surface area contributed by atoms with Crippen LogP contribution in [0.5, 0.6) is 11.5 Å². The molecule has 2 aromatic heterocycles. The lowest BCUT2D eigenvalue weighted by Crippen LogP contribution is -2.30. The molecule has 4 nitrogen and oxygen atoms in total. The Kier molecular flexibility index (Phi) is 3.98. The first-order valence-electron chi connectivity index (χ1n) is 8.17. The molecule has 24 heavy (non-hydrogen) atoms. The standard InChI is InChI=1S/C19H22N2O2S/c1-20-15(10-19-16(20)5-7-24-19)12-21-6-4-13-8-17(22-2)18(23-3)9-14(13)11-21/h5,7-10H,4,6,11-12H2,1-3H3. The van der Waals surface area contributed by atoms with Crippen LogP contribution in [0.4, 0.5) is 0 Å². The molecule has 0 aliphatic carbocycles. The molecule has 1 aromatic carbocycles. The maximum atomic E-state index is 5.46. The lowest BCUT2D eigenvalue weighted by molar-refractivity contribution is 0.239. The zero-order valence-electron chi connectivity index (χ0n) is 14.3. The van der Waals surface area contributed by atoms with Crippen molar-refractivity contribution in [2.24, 2.45) is 7.05 Å². The topological polar surface area (TPSA) is 26.6 Å². The summed E-state index contributed by atoms with van der Waals surface area (Å²) in [4.78, 5) is 2.51. The lowest BCUT2D eigenvalue weighted by atomic mass is 9.98. The third-order valence-electron chi connectivity index (χ3n) is 4.95. The smallest absolute Gasteiger partial charge is 0.161 e. The number of hydrogen-bond donors (Lipinski definition) is 0. The van der Waals surface area contributed by atoms with E-state index in [0.29, 0.717) is 0 Å². The molecule has 1 aliphatic rings. The van der Waals surface area contributed by atoms with Gasteiger partial charge < -0.3 is 14.0 Å². The van der Waals surface area contributed by atoms with E-state index in [2.05, 4.69) is 46.2 Å². The first-order chi connectivity index (χ1) is 11.7. The molecule has 0 radical (unpaired) electrons. The number of nitrogens with zero attached hydrogens (tertiary/aromatic N) is 2. The van der Waals surface area contributed by atoms with Crippen LogP contribution in [0.25, 0.3) is 10.2 Å². The van der Waals surface area contributed by atoms with Crippen molar-refractivity contribution in [2.45, 2.75) is 19.5 Å². The van der Waals surface area contributed by atoms with Gasteiger partial charge in [-0.3, -0.25) is 4.90 Å². The number of aryl methyl sites for hydroxylation is 1. The molecule has 0 spiro atoms. The van der Waals surface area contributed by atoms with Gasteiger partial charge in [0.15, 0.2) is 11.5 Å². The fourth-order valence-corrected chi connectivity index (χ4v) is 4.43. The van der Waals surface area contributed by atoms with Crippen LogP contribution in [-0.4, -0.2) is 30.2 Å². The molecule has 0 unspecified atom stereocenters. The summed E-state index contributed by atoms with van der Waals surface area (Å²) in [6.07, 6.45) is 1.05. The second-order valence-electron chi connectivity index (χ2n) is 6.30. The predicted molar refractivity (Wildman–Crippen MR) is 98.2 cm³/mol. The Bertz CT molecular complexity index is 881. The maximum Gasteiger partial charge on any atom is 0.161 e. The SMILES string of the molecule is COc1cc2c(cc1OC)CN(Cc1cc3sccc3n1C)CC2. The van der Waals surface area contributed by atoms with E-state index in [1.54, 1.807) is 14.2 Å². The molecule has 0 bridgehead atoms. The predicted octanol–water partition coefficient (Wildman–Crippen LogP) is 3.82. The van der Waals surface area contributed by atoms with E-state index < -0.39 is 0 Å². The fourth-order valence-electron chi connectivity index (χ4n) is 3.56. The van der Waals surface area contributed by atoms with Crippen LogP contribution in [0.1, 0.15) is 16.8 Å². The summed E-state index contributed by atoms with van der Waals surface area (Å²) in [5, 5.41) is 2.16. The first kappa shape index (κ1) is 15.5. The van der Waals surface area contributed by atoms with Crippen molar-refractivity contribution in [3.63, 3.8) is 0 Å². The highest BCUT2D eigenvalue weighted by atomic mass is 32.1. The second kappa shape index (κ2) is 6.15. The van der Waals surface area contributed by atoms with Gasteiger partial charge in [0.25, 0.3) is 0 Å². The number of hydrogen-bond acceptors (Lipinski definition) is 4. The normalized spacial score (nSPS) is 14.8. The van der Waals surface area contributed by atoms with Gasteiger partial charge in [0.1, 0.15) is 0 Å². The van der Waals surface area contributed by atoms with Crippen LogP contribution in [0.3, 0.4) is 0 Å². The third-order valence-corrected chi connectivity index (χ3v) is 5.80. The van der Waals surface area contributed by atoms with Crippen molar-refractivity contribution < 1.29 is 9.47 Å². The average Bonchev–Trinajstić information content (AvgIpc) is 3.17. The molecule has 0 atom stereocenters. The zero-order valence-corrected chi connectivity index (χ0v) is 15.2. The molecule has 3 heterocycles.